The molecule has 0 spiro atoms. The Morgan fingerprint density at radius 1 is 1.43 bits per heavy atom. The third-order valence-corrected chi connectivity index (χ3v) is 4.63. The highest BCUT2D eigenvalue weighted by molar-refractivity contribution is 9.10. The number of aryl methyl sites for hydroxylation is 2. The van der Waals surface area contributed by atoms with Crippen molar-refractivity contribution in [2.45, 2.75) is 33.6 Å². The quantitative estimate of drug-likeness (QED) is 0.788. The zero-order valence-corrected chi connectivity index (χ0v) is 14.3. The first-order valence-corrected chi connectivity index (χ1v) is 8.20. The molecule has 1 atom stereocenters. The summed E-state index contributed by atoms with van der Waals surface area (Å²) in [6.07, 6.45) is 4.23. The average molecular weight is 350 g/mol. The zero-order chi connectivity index (χ0) is 15.1. The summed E-state index contributed by atoms with van der Waals surface area (Å²) in [5.41, 5.74) is 3.44. The van der Waals surface area contributed by atoms with Gasteiger partial charge in [0.2, 0.25) is 0 Å². The molecule has 5 heteroatoms. The largest absolute Gasteiger partial charge is 0.337 e. The van der Waals surface area contributed by atoms with Gasteiger partial charge in [-0.3, -0.25) is 9.20 Å². The van der Waals surface area contributed by atoms with Crippen LogP contribution in [-0.4, -0.2) is 33.3 Å². The lowest BCUT2D eigenvalue weighted by molar-refractivity contribution is 0.0675. The Morgan fingerprint density at radius 2 is 2.19 bits per heavy atom. The fourth-order valence-corrected chi connectivity index (χ4v) is 3.71. The van der Waals surface area contributed by atoms with Crippen LogP contribution in [0.4, 0.5) is 0 Å². The van der Waals surface area contributed by atoms with Crippen molar-refractivity contribution in [3.05, 3.63) is 33.7 Å². The minimum absolute atomic E-state index is 0.101. The van der Waals surface area contributed by atoms with Crippen molar-refractivity contribution in [3.63, 3.8) is 0 Å². The monoisotopic (exact) mass is 349 g/mol. The van der Waals surface area contributed by atoms with E-state index < -0.39 is 0 Å². The number of halogens is 1. The number of hydrogen-bond donors (Lipinski definition) is 0. The van der Waals surface area contributed by atoms with Crippen LogP contribution in [0.5, 0.6) is 0 Å². The number of fused-ring (bicyclic) bond motifs is 1. The summed E-state index contributed by atoms with van der Waals surface area (Å²) in [5, 5.41) is 0. The number of nitrogens with zero attached hydrogens (tertiary/aromatic N) is 3. The Bertz CT molecular complexity index is 707. The molecule has 2 aromatic heterocycles. The van der Waals surface area contributed by atoms with Crippen LogP contribution in [0.25, 0.3) is 5.65 Å². The van der Waals surface area contributed by atoms with Crippen molar-refractivity contribution >= 4 is 27.5 Å². The fourth-order valence-electron chi connectivity index (χ4n) is 3.16. The summed E-state index contributed by atoms with van der Waals surface area (Å²) < 4.78 is 2.89. The lowest BCUT2D eigenvalue weighted by atomic mass is 10.00. The maximum atomic E-state index is 12.9. The van der Waals surface area contributed by atoms with E-state index in [1.807, 2.05) is 35.4 Å². The zero-order valence-electron chi connectivity index (χ0n) is 12.7. The fraction of sp³-hybridized carbons (Fsp3) is 0.500. The predicted molar refractivity (Wildman–Crippen MR) is 86.7 cm³/mol. The van der Waals surface area contributed by atoms with Crippen LogP contribution in [0.2, 0.25) is 0 Å². The molecule has 1 saturated heterocycles. The molecule has 1 aliphatic heterocycles. The van der Waals surface area contributed by atoms with Gasteiger partial charge in [-0.25, -0.2) is 4.98 Å². The standard InChI is InChI=1S/C16H20BrN3O/c1-10-5-4-6-19(8-10)16(21)14-12(3)18-15-11(2)7-13(17)9-20(14)15/h7,9-10H,4-6,8H2,1-3H3. The van der Waals surface area contributed by atoms with Crippen LogP contribution >= 0.6 is 15.9 Å². The molecule has 3 heterocycles. The molecule has 0 N–H and O–H groups in total. The van der Waals surface area contributed by atoms with E-state index >= 15 is 0 Å². The summed E-state index contributed by atoms with van der Waals surface area (Å²) in [5.74, 6) is 0.680. The van der Waals surface area contributed by atoms with Gasteiger partial charge in [0.05, 0.1) is 5.69 Å². The number of aromatic nitrogens is 2. The number of piperidine rings is 1. The molecule has 4 nitrogen and oxygen atoms in total. The van der Waals surface area contributed by atoms with Gasteiger partial charge in [-0.05, 0) is 60.2 Å². The van der Waals surface area contributed by atoms with Crippen LogP contribution in [0, 0.1) is 19.8 Å². The highest BCUT2D eigenvalue weighted by atomic mass is 79.9. The third-order valence-electron chi connectivity index (χ3n) is 4.19. The Morgan fingerprint density at radius 3 is 2.90 bits per heavy atom. The first-order valence-electron chi connectivity index (χ1n) is 7.41. The van der Waals surface area contributed by atoms with Crippen molar-refractivity contribution in [2.75, 3.05) is 13.1 Å². The molecular weight excluding hydrogens is 330 g/mol. The van der Waals surface area contributed by atoms with Crippen molar-refractivity contribution in [1.29, 1.82) is 0 Å². The normalized spacial score (nSPS) is 19.2. The molecule has 0 saturated carbocycles. The van der Waals surface area contributed by atoms with E-state index in [1.54, 1.807) is 0 Å². The second-order valence-corrected chi connectivity index (χ2v) is 7.00. The maximum absolute atomic E-state index is 12.9. The van der Waals surface area contributed by atoms with Gasteiger partial charge in [-0.2, -0.15) is 0 Å². The van der Waals surface area contributed by atoms with Crippen LogP contribution < -0.4 is 0 Å². The Kier molecular flexibility index (Phi) is 3.78. The molecule has 2 aromatic rings. The number of rotatable bonds is 1. The van der Waals surface area contributed by atoms with Crippen molar-refractivity contribution < 1.29 is 4.79 Å². The number of carbonyl (C=O) groups excluding carboxylic acids is 1. The number of hydrogen-bond acceptors (Lipinski definition) is 2. The number of amides is 1. The number of imidazole rings is 1. The van der Waals surface area contributed by atoms with Crippen LogP contribution in [0.15, 0.2) is 16.7 Å². The summed E-state index contributed by atoms with van der Waals surface area (Å²) in [7, 11) is 0. The summed E-state index contributed by atoms with van der Waals surface area (Å²) >= 11 is 3.51. The first kappa shape index (κ1) is 14.6. The number of likely N-dealkylation sites (tertiary alicyclic amines) is 1. The minimum Gasteiger partial charge on any atom is -0.337 e. The van der Waals surface area contributed by atoms with E-state index in [2.05, 4.69) is 27.8 Å². The van der Waals surface area contributed by atoms with Crippen LogP contribution in [-0.2, 0) is 0 Å². The molecule has 1 amide bonds. The molecule has 1 fully saturated rings. The smallest absolute Gasteiger partial charge is 0.272 e. The van der Waals surface area contributed by atoms with Crippen molar-refractivity contribution in [3.8, 4) is 0 Å². The average Bonchev–Trinajstić information content (AvgIpc) is 2.74. The highest BCUT2D eigenvalue weighted by Crippen LogP contribution is 2.23. The highest BCUT2D eigenvalue weighted by Gasteiger charge is 2.26. The number of carbonyl (C=O) groups is 1. The summed E-state index contributed by atoms with van der Waals surface area (Å²) in [6.45, 7) is 7.84. The van der Waals surface area contributed by atoms with Gasteiger partial charge in [-0.15, -0.1) is 0 Å². The van der Waals surface area contributed by atoms with E-state index in [4.69, 9.17) is 0 Å². The Balaban J connectivity index is 2.07. The van der Waals surface area contributed by atoms with Gasteiger partial charge < -0.3 is 4.90 Å². The van der Waals surface area contributed by atoms with E-state index in [-0.39, 0.29) is 5.91 Å². The molecule has 112 valence electrons. The molecule has 0 bridgehead atoms. The maximum Gasteiger partial charge on any atom is 0.272 e. The summed E-state index contributed by atoms with van der Waals surface area (Å²) in [6, 6.07) is 2.03. The van der Waals surface area contributed by atoms with Gasteiger partial charge in [0.1, 0.15) is 11.3 Å². The molecule has 0 aliphatic carbocycles. The molecule has 0 radical (unpaired) electrons. The molecule has 1 aliphatic rings. The lowest BCUT2D eigenvalue weighted by Gasteiger charge is -2.30. The van der Waals surface area contributed by atoms with E-state index in [1.165, 1.54) is 6.42 Å². The SMILES string of the molecule is Cc1nc2c(C)cc(Br)cn2c1C(=O)N1CCCC(C)C1. The minimum atomic E-state index is 0.101. The second-order valence-electron chi connectivity index (χ2n) is 6.08. The summed E-state index contributed by atoms with van der Waals surface area (Å²) in [4.78, 5) is 19.5. The van der Waals surface area contributed by atoms with Gasteiger partial charge in [-0.1, -0.05) is 6.92 Å². The van der Waals surface area contributed by atoms with Gasteiger partial charge in [0.15, 0.2) is 0 Å². The van der Waals surface area contributed by atoms with E-state index in [0.717, 1.165) is 40.9 Å². The third kappa shape index (κ3) is 2.59. The lowest BCUT2D eigenvalue weighted by Crippen LogP contribution is -2.39. The predicted octanol–water partition coefficient (Wildman–Crippen LogP) is 3.59. The first-order chi connectivity index (χ1) is 9.97. The van der Waals surface area contributed by atoms with Gasteiger partial charge >= 0.3 is 0 Å². The molecule has 3 rings (SSSR count). The van der Waals surface area contributed by atoms with Crippen LogP contribution in [0.1, 0.15) is 41.5 Å². The number of pyridine rings is 1. The van der Waals surface area contributed by atoms with Gasteiger partial charge in [0, 0.05) is 23.8 Å². The van der Waals surface area contributed by atoms with E-state index in [0.29, 0.717) is 11.6 Å². The van der Waals surface area contributed by atoms with E-state index in [9.17, 15) is 4.79 Å². The topological polar surface area (TPSA) is 37.6 Å². The Labute approximate surface area is 133 Å². The molecule has 1 unspecified atom stereocenters. The van der Waals surface area contributed by atoms with Crippen molar-refractivity contribution in [1.82, 2.24) is 14.3 Å². The van der Waals surface area contributed by atoms with Crippen LogP contribution in [0.3, 0.4) is 0 Å². The second kappa shape index (κ2) is 5.44. The van der Waals surface area contributed by atoms with Crippen molar-refractivity contribution in [2.24, 2.45) is 5.92 Å². The Hall–Kier alpha value is -1.36. The molecular formula is C16H20BrN3O. The molecule has 21 heavy (non-hydrogen) atoms. The molecule has 0 aromatic carbocycles. The van der Waals surface area contributed by atoms with Gasteiger partial charge in [0.25, 0.3) is 5.91 Å².